The number of hydrogen-bond acceptors (Lipinski definition) is 4. The fraction of sp³-hybridized carbons (Fsp3) is 0.214. The summed E-state index contributed by atoms with van der Waals surface area (Å²) in [5.74, 6) is -1.20. The molecule has 0 aliphatic rings. The number of aromatic nitrogens is 5. The maximum absolute atomic E-state index is 13.9. The first-order valence-corrected chi connectivity index (χ1v) is 12.0. The second-order valence-corrected chi connectivity index (χ2v) is 10.2. The van der Waals surface area contributed by atoms with Gasteiger partial charge in [-0.05, 0) is 36.8 Å². The summed E-state index contributed by atoms with van der Waals surface area (Å²) in [6.07, 6.45) is 3.59. The van der Waals surface area contributed by atoms with Crippen LogP contribution in [-0.4, -0.2) is 30.6 Å². The minimum absolute atomic E-state index is 0.158. The Labute approximate surface area is 218 Å². The van der Waals surface area contributed by atoms with Crippen molar-refractivity contribution in [3.05, 3.63) is 83.9 Å². The van der Waals surface area contributed by atoms with E-state index in [1.165, 1.54) is 4.68 Å². The Bertz CT molecular complexity index is 1640. The number of benzene rings is 2. The molecule has 2 N–H and O–H groups in total. The van der Waals surface area contributed by atoms with E-state index in [0.717, 1.165) is 45.9 Å². The fourth-order valence-electron chi connectivity index (χ4n) is 4.33. The summed E-state index contributed by atoms with van der Waals surface area (Å²) in [5, 5.41) is 15.6. The molecule has 0 saturated carbocycles. The molecule has 0 saturated heterocycles. The summed E-state index contributed by atoms with van der Waals surface area (Å²) in [6.45, 7) is 7.83. The summed E-state index contributed by atoms with van der Waals surface area (Å²) < 4.78 is 30.9. The minimum Gasteiger partial charge on any atom is -0.308 e. The lowest BCUT2D eigenvalue weighted by Gasteiger charge is -2.14. The van der Waals surface area contributed by atoms with Crippen molar-refractivity contribution in [1.29, 1.82) is 0 Å². The van der Waals surface area contributed by atoms with E-state index in [-0.39, 0.29) is 16.9 Å². The Morgan fingerprint density at radius 1 is 0.921 bits per heavy atom. The van der Waals surface area contributed by atoms with Crippen LogP contribution in [-0.2, 0) is 12.5 Å². The van der Waals surface area contributed by atoms with Crippen molar-refractivity contribution in [1.82, 2.24) is 24.5 Å². The number of amides is 2. The molecule has 194 valence electrons. The van der Waals surface area contributed by atoms with Crippen LogP contribution < -0.4 is 10.6 Å². The SMILES string of the molecule is Cc1nn(C)c2cncc(-c3ccc(NC(=O)Nc4cc(C(C)(C)C)nn4-c4cc(F)cc(F)c4)cc3)c12. The Kier molecular flexibility index (Phi) is 6.18. The molecule has 2 amide bonds. The van der Waals surface area contributed by atoms with Gasteiger partial charge in [-0.1, -0.05) is 32.9 Å². The standard InChI is InChI=1S/C28H27F2N7O/c1-16-26-22(14-31-15-23(26)36(5)34-16)17-6-8-20(9-7-17)32-27(38)33-25-13-24(28(2,3)4)35-37(25)21-11-18(29)10-19(30)12-21/h6-15H,1-5H3,(H2,32,33,38). The van der Waals surface area contributed by atoms with Gasteiger partial charge in [0.05, 0.1) is 28.8 Å². The summed E-state index contributed by atoms with van der Waals surface area (Å²) in [5.41, 5.74) is 4.74. The Balaban J connectivity index is 1.39. The summed E-state index contributed by atoms with van der Waals surface area (Å²) in [6, 6.07) is 11.6. The lowest BCUT2D eigenvalue weighted by molar-refractivity contribution is 0.262. The molecular weight excluding hydrogens is 488 g/mol. The van der Waals surface area contributed by atoms with Crippen LogP contribution in [0.5, 0.6) is 0 Å². The number of rotatable bonds is 4. The maximum atomic E-state index is 13.9. The zero-order valence-electron chi connectivity index (χ0n) is 21.7. The first-order chi connectivity index (χ1) is 18.0. The number of pyridine rings is 1. The predicted octanol–water partition coefficient (Wildman–Crippen LogP) is 6.35. The molecule has 0 aliphatic carbocycles. The highest BCUT2D eigenvalue weighted by Crippen LogP contribution is 2.31. The monoisotopic (exact) mass is 515 g/mol. The van der Waals surface area contributed by atoms with Gasteiger partial charge in [0.25, 0.3) is 0 Å². The van der Waals surface area contributed by atoms with E-state index in [2.05, 4.69) is 25.8 Å². The highest BCUT2D eigenvalue weighted by atomic mass is 19.1. The molecule has 0 radical (unpaired) electrons. The van der Waals surface area contributed by atoms with Gasteiger partial charge in [0.2, 0.25) is 0 Å². The van der Waals surface area contributed by atoms with Crippen molar-refractivity contribution in [2.45, 2.75) is 33.1 Å². The molecule has 0 fully saturated rings. The second-order valence-electron chi connectivity index (χ2n) is 10.2. The van der Waals surface area contributed by atoms with Crippen molar-refractivity contribution < 1.29 is 13.6 Å². The van der Waals surface area contributed by atoms with Gasteiger partial charge in [-0.15, -0.1) is 0 Å². The molecule has 0 unspecified atom stereocenters. The van der Waals surface area contributed by atoms with Gasteiger partial charge in [0.15, 0.2) is 0 Å². The number of halogens is 2. The minimum atomic E-state index is -0.740. The van der Waals surface area contributed by atoms with Gasteiger partial charge < -0.3 is 5.32 Å². The fourth-order valence-corrected chi connectivity index (χ4v) is 4.33. The topological polar surface area (TPSA) is 89.7 Å². The third-order valence-corrected chi connectivity index (χ3v) is 6.20. The Morgan fingerprint density at radius 2 is 1.61 bits per heavy atom. The van der Waals surface area contributed by atoms with Crippen LogP contribution in [0, 0.1) is 18.6 Å². The number of anilines is 2. The van der Waals surface area contributed by atoms with Gasteiger partial charge in [0.1, 0.15) is 17.5 Å². The summed E-state index contributed by atoms with van der Waals surface area (Å²) >= 11 is 0. The molecule has 0 aliphatic heterocycles. The van der Waals surface area contributed by atoms with Crippen molar-refractivity contribution >= 4 is 28.4 Å². The molecule has 0 bridgehead atoms. The lowest BCUT2D eigenvalue weighted by Crippen LogP contribution is -2.21. The van der Waals surface area contributed by atoms with Crippen molar-refractivity contribution in [2.24, 2.45) is 7.05 Å². The quantitative estimate of drug-likeness (QED) is 0.292. The van der Waals surface area contributed by atoms with Gasteiger partial charge in [0, 0.05) is 47.4 Å². The van der Waals surface area contributed by atoms with E-state index in [1.54, 1.807) is 35.3 Å². The van der Waals surface area contributed by atoms with E-state index >= 15 is 0 Å². The predicted molar refractivity (Wildman–Crippen MR) is 144 cm³/mol. The normalized spacial score (nSPS) is 11.7. The smallest absolute Gasteiger partial charge is 0.308 e. The molecule has 10 heteroatoms. The van der Waals surface area contributed by atoms with Crippen LogP contribution in [0.25, 0.3) is 27.7 Å². The van der Waals surface area contributed by atoms with Crippen LogP contribution in [0.3, 0.4) is 0 Å². The van der Waals surface area contributed by atoms with Gasteiger partial charge >= 0.3 is 6.03 Å². The number of urea groups is 1. The van der Waals surface area contributed by atoms with E-state index in [0.29, 0.717) is 11.4 Å². The number of carbonyl (C=O) groups excluding carboxylic acids is 1. The number of nitrogens with one attached hydrogen (secondary N) is 2. The van der Waals surface area contributed by atoms with Crippen LogP contribution in [0.4, 0.5) is 25.1 Å². The molecule has 5 aromatic rings. The average Bonchev–Trinajstić information content (AvgIpc) is 3.40. The average molecular weight is 516 g/mol. The number of fused-ring (bicyclic) bond motifs is 1. The molecule has 0 atom stereocenters. The largest absolute Gasteiger partial charge is 0.324 e. The first-order valence-electron chi connectivity index (χ1n) is 12.0. The Morgan fingerprint density at radius 3 is 2.26 bits per heavy atom. The number of hydrogen-bond donors (Lipinski definition) is 2. The third-order valence-electron chi connectivity index (χ3n) is 6.20. The van der Waals surface area contributed by atoms with Crippen molar-refractivity contribution in [2.75, 3.05) is 10.6 Å². The Hall–Kier alpha value is -4.60. The van der Waals surface area contributed by atoms with Crippen LogP contribution >= 0.6 is 0 Å². The van der Waals surface area contributed by atoms with E-state index in [4.69, 9.17) is 0 Å². The summed E-state index contributed by atoms with van der Waals surface area (Å²) in [4.78, 5) is 17.3. The van der Waals surface area contributed by atoms with Gasteiger partial charge in [-0.3, -0.25) is 15.0 Å². The molecule has 2 aromatic carbocycles. The molecule has 3 heterocycles. The molecule has 5 rings (SSSR count). The third kappa shape index (κ3) is 4.84. The van der Waals surface area contributed by atoms with E-state index < -0.39 is 17.7 Å². The van der Waals surface area contributed by atoms with Crippen LogP contribution in [0.2, 0.25) is 0 Å². The number of nitrogens with zero attached hydrogens (tertiary/aromatic N) is 5. The highest BCUT2D eigenvalue weighted by molar-refractivity contribution is 6.00. The molecule has 3 aromatic heterocycles. The first kappa shape index (κ1) is 25.1. The van der Waals surface area contributed by atoms with Gasteiger partial charge in [-0.25, -0.2) is 18.3 Å². The number of aryl methyl sites for hydroxylation is 2. The van der Waals surface area contributed by atoms with Crippen LogP contribution in [0.1, 0.15) is 32.2 Å². The lowest BCUT2D eigenvalue weighted by atomic mass is 9.92. The summed E-state index contributed by atoms with van der Waals surface area (Å²) in [7, 11) is 1.88. The second kappa shape index (κ2) is 9.37. The van der Waals surface area contributed by atoms with Crippen molar-refractivity contribution in [3.63, 3.8) is 0 Å². The van der Waals surface area contributed by atoms with Gasteiger partial charge in [-0.2, -0.15) is 10.2 Å². The zero-order chi connectivity index (χ0) is 27.2. The zero-order valence-corrected chi connectivity index (χ0v) is 21.7. The van der Waals surface area contributed by atoms with Crippen LogP contribution in [0.15, 0.2) is 60.9 Å². The molecule has 38 heavy (non-hydrogen) atoms. The molecule has 8 nitrogen and oxygen atoms in total. The van der Waals surface area contributed by atoms with Crippen molar-refractivity contribution in [3.8, 4) is 16.8 Å². The molecular formula is C28H27F2N7O. The number of carbonyl (C=O) groups is 1. The van der Waals surface area contributed by atoms with E-state index in [1.807, 2.05) is 46.9 Å². The highest BCUT2D eigenvalue weighted by Gasteiger charge is 2.22. The maximum Gasteiger partial charge on any atom is 0.324 e. The van der Waals surface area contributed by atoms with E-state index in [9.17, 15) is 13.6 Å². The molecule has 0 spiro atoms.